The Labute approximate surface area is 94.9 Å². The van der Waals surface area contributed by atoms with Gasteiger partial charge in [-0.3, -0.25) is 0 Å². The van der Waals surface area contributed by atoms with E-state index in [1.54, 1.807) is 0 Å². The van der Waals surface area contributed by atoms with Gasteiger partial charge >= 0.3 is 0 Å². The molecule has 3 heteroatoms. The van der Waals surface area contributed by atoms with Gasteiger partial charge in [-0.1, -0.05) is 6.92 Å². The first-order chi connectivity index (χ1) is 7.24. The molecule has 0 radical (unpaired) electrons. The zero-order valence-electron chi connectivity index (χ0n) is 9.20. The highest BCUT2D eigenvalue weighted by atomic mass is 32.1. The highest BCUT2D eigenvalue weighted by Gasteiger charge is 2.32. The summed E-state index contributed by atoms with van der Waals surface area (Å²) >= 11 is 1.88. The Morgan fingerprint density at radius 2 is 2.20 bits per heavy atom. The van der Waals surface area contributed by atoms with Crippen LogP contribution in [0.25, 0.3) is 0 Å². The summed E-state index contributed by atoms with van der Waals surface area (Å²) in [6, 6.07) is 0.232. The molecule has 82 valence electrons. The van der Waals surface area contributed by atoms with E-state index in [4.69, 9.17) is 10.7 Å². The van der Waals surface area contributed by atoms with Crippen LogP contribution in [0.1, 0.15) is 47.8 Å². The molecule has 0 bridgehead atoms. The minimum absolute atomic E-state index is 0.232. The Morgan fingerprint density at radius 3 is 2.93 bits per heavy atom. The first-order valence-electron chi connectivity index (χ1n) is 5.98. The number of aromatic nitrogens is 1. The Hall–Kier alpha value is -0.410. The maximum Gasteiger partial charge on any atom is 0.110 e. The SMILES string of the molecule is CC1CCc2nc(C(N)C3CC3)sc2C1. The summed E-state index contributed by atoms with van der Waals surface area (Å²) in [6.45, 7) is 2.34. The van der Waals surface area contributed by atoms with E-state index < -0.39 is 0 Å². The number of nitrogens with two attached hydrogens (primary N) is 1. The third-order valence-corrected chi connectivity index (χ3v) is 4.84. The van der Waals surface area contributed by atoms with Crippen LogP contribution in [0, 0.1) is 11.8 Å². The molecule has 1 heterocycles. The molecule has 1 aromatic rings. The molecule has 15 heavy (non-hydrogen) atoms. The molecule has 2 aliphatic rings. The third kappa shape index (κ3) is 1.83. The lowest BCUT2D eigenvalue weighted by Gasteiger charge is -2.15. The minimum atomic E-state index is 0.232. The second-order valence-electron chi connectivity index (χ2n) is 5.13. The van der Waals surface area contributed by atoms with Crippen LogP contribution in [-0.4, -0.2) is 4.98 Å². The number of aryl methyl sites for hydroxylation is 1. The summed E-state index contributed by atoms with van der Waals surface area (Å²) < 4.78 is 0. The molecule has 3 rings (SSSR count). The van der Waals surface area contributed by atoms with Gasteiger partial charge in [-0.05, 0) is 43.9 Å². The van der Waals surface area contributed by atoms with Crippen molar-refractivity contribution in [3.05, 3.63) is 15.6 Å². The topological polar surface area (TPSA) is 38.9 Å². The van der Waals surface area contributed by atoms with Crippen LogP contribution >= 0.6 is 11.3 Å². The molecule has 2 nitrogen and oxygen atoms in total. The van der Waals surface area contributed by atoms with Crippen LogP contribution in [0.4, 0.5) is 0 Å². The molecule has 2 aliphatic carbocycles. The van der Waals surface area contributed by atoms with Crippen molar-refractivity contribution in [2.45, 2.75) is 45.1 Å². The van der Waals surface area contributed by atoms with E-state index in [0.717, 1.165) is 11.8 Å². The second kappa shape index (κ2) is 3.56. The highest BCUT2D eigenvalue weighted by molar-refractivity contribution is 7.11. The average Bonchev–Trinajstić information content (AvgIpc) is 2.97. The Morgan fingerprint density at radius 1 is 1.40 bits per heavy atom. The van der Waals surface area contributed by atoms with Crippen molar-refractivity contribution >= 4 is 11.3 Å². The van der Waals surface area contributed by atoms with Crippen molar-refractivity contribution in [3.8, 4) is 0 Å². The minimum Gasteiger partial charge on any atom is -0.322 e. The zero-order valence-corrected chi connectivity index (χ0v) is 10.0. The molecule has 1 fully saturated rings. The van der Waals surface area contributed by atoms with Gasteiger partial charge in [0.15, 0.2) is 0 Å². The predicted molar refractivity (Wildman–Crippen MR) is 63.0 cm³/mol. The molecular formula is C12H18N2S. The van der Waals surface area contributed by atoms with Crippen molar-refractivity contribution < 1.29 is 0 Å². The summed E-state index contributed by atoms with van der Waals surface area (Å²) in [4.78, 5) is 6.25. The smallest absolute Gasteiger partial charge is 0.110 e. The lowest BCUT2D eigenvalue weighted by atomic mass is 9.93. The zero-order chi connectivity index (χ0) is 10.4. The molecule has 0 saturated heterocycles. The standard InChI is InChI=1S/C12H18N2S/c1-7-2-5-9-10(6-7)15-12(14-9)11(13)8-3-4-8/h7-8,11H,2-6,13H2,1H3. The van der Waals surface area contributed by atoms with Crippen molar-refractivity contribution in [2.24, 2.45) is 17.6 Å². The van der Waals surface area contributed by atoms with Crippen molar-refractivity contribution in [1.29, 1.82) is 0 Å². The average molecular weight is 222 g/mol. The van der Waals surface area contributed by atoms with Crippen LogP contribution in [-0.2, 0) is 12.8 Å². The van der Waals surface area contributed by atoms with E-state index in [2.05, 4.69) is 6.92 Å². The fourth-order valence-corrected chi connectivity index (χ4v) is 3.73. The molecule has 0 aliphatic heterocycles. The van der Waals surface area contributed by atoms with Crippen LogP contribution in [0.2, 0.25) is 0 Å². The largest absolute Gasteiger partial charge is 0.322 e. The summed E-state index contributed by atoms with van der Waals surface area (Å²) in [6.07, 6.45) is 6.31. The molecule has 1 saturated carbocycles. The van der Waals surface area contributed by atoms with Gasteiger partial charge in [0.25, 0.3) is 0 Å². The summed E-state index contributed by atoms with van der Waals surface area (Å²) in [7, 11) is 0. The monoisotopic (exact) mass is 222 g/mol. The Kier molecular flexibility index (Phi) is 2.33. The number of rotatable bonds is 2. The second-order valence-corrected chi connectivity index (χ2v) is 6.25. The van der Waals surface area contributed by atoms with Crippen LogP contribution < -0.4 is 5.73 Å². The van der Waals surface area contributed by atoms with Crippen LogP contribution in [0.5, 0.6) is 0 Å². The third-order valence-electron chi connectivity index (χ3n) is 3.62. The van der Waals surface area contributed by atoms with Crippen molar-refractivity contribution in [3.63, 3.8) is 0 Å². The molecule has 2 N–H and O–H groups in total. The van der Waals surface area contributed by atoms with Gasteiger partial charge in [-0.25, -0.2) is 4.98 Å². The van der Waals surface area contributed by atoms with Crippen molar-refractivity contribution in [2.75, 3.05) is 0 Å². The van der Waals surface area contributed by atoms with Gasteiger partial charge in [0.2, 0.25) is 0 Å². The number of nitrogens with zero attached hydrogens (tertiary/aromatic N) is 1. The highest BCUT2D eigenvalue weighted by Crippen LogP contribution is 2.42. The van der Waals surface area contributed by atoms with Crippen LogP contribution in [0.3, 0.4) is 0 Å². The van der Waals surface area contributed by atoms with E-state index in [-0.39, 0.29) is 6.04 Å². The number of thiazole rings is 1. The first kappa shape index (κ1) is 9.79. The summed E-state index contributed by atoms with van der Waals surface area (Å²) in [5.74, 6) is 1.57. The number of hydrogen-bond acceptors (Lipinski definition) is 3. The summed E-state index contributed by atoms with van der Waals surface area (Å²) in [5, 5.41) is 1.21. The van der Waals surface area contributed by atoms with E-state index in [1.165, 1.54) is 47.7 Å². The quantitative estimate of drug-likeness (QED) is 0.835. The first-order valence-corrected chi connectivity index (χ1v) is 6.79. The molecular weight excluding hydrogens is 204 g/mol. The Balaban J connectivity index is 1.85. The van der Waals surface area contributed by atoms with E-state index >= 15 is 0 Å². The van der Waals surface area contributed by atoms with Gasteiger partial charge in [0, 0.05) is 4.88 Å². The maximum atomic E-state index is 6.19. The van der Waals surface area contributed by atoms with E-state index in [1.807, 2.05) is 11.3 Å². The van der Waals surface area contributed by atoms with Gasteiger partial charge in [0.1, 0.15) is 5.01 Å². The van der Waals surface area contributed by atoms with E-state index in [0.29, 0.717) is 0 Å². The van der Waals surface area contributed by atoms with Gasteiger partial charge in [-0.2, -0.15) is 0 Å². The molecule has 2 atom stereocenters. The number of hydrogen-bond donors (Lipinski definition) is 1. The molecule has 1 aromatic heterocycles. The van der Waals surface area contributed by atoms with E-state index in [9.17, 15) is 0 Å². The molecule has 2 unspecified atom stereocenters. The van der Waals surface area contributed by atoms with Crippen molar-refractivity contribution in [1.82, 2.24) is 4.98 Å². The lowest BCUT2D eigenvalue weighted by molar-refractivity contribution is 0.500. The number of fused-ring (bicyclic) bond motifs is 1. The molecule has 0 amide bonds. The fourth-order valence-electron chi connectivity index (χ4n) is 2.36. The predicted octanol–water partition coefficient (Wildman–Crippen LogP) is 2.68. The van der Waals surface area contributed by atoms with Gasteiger partial charge in [-0.15, -0.1) is 11.3 Å². The maximum absolute atomic E-state index is 6.19. The van der Waals surface area contributed by atoms with Gasteiger partial charge < -0.3 is 5.73 Å². The molecule has 0 aromatic carbocycles. The fraction of sp³-hybridized carbons (Fsp3) is 0.750. The normalized spacial score (nSPS) is 27.5. The summed E-state index contributed by atoms with van der Waals surface area (Å²) in [5.41, 5.74) is 7.55. The Bertz CT molecular complexity index is 368. The van der Waals surface area contributed by atoms with Gasteiger partial charge in [0.05, 0.1) is 11.7 Å². The van der Waals surface area contributed by atoms with Crippen LogP contribution in [0.15, 0.2) is 0 Å². The molecule has 0 spiro atoms. The lowest BCUT2D eigenvalue weighted by Crippen LogP contribution is -2.12.